The summed E-state index contributed by atoms with van der Waals surface area (Å²) in [6.07, 6.45) is 5.97. The van der Waals surface area contributed by atoms with Crippen LogP contribution in [0.25, 0.3) is 0 Å². The zero-order chi connectivity index (χ0) is 12.2. The number of nitrogens with zero attached hydrogens (tertiary/aromatic N) is 1. The molecule has 0 radical (unpaired) electrons. The third-order valence-corrected chi connectivity index (χ3v) is 4.19. The minimum absolute atomic E-state index is 0.272. The van der Waals surface area contributed by atoms with E-state index in [-0.39, 0.29) is 5.54 Å². The minimum atomic E-state index is -0.272. The van der Waals surface area contributed by atoms with Gasteiger partial charge in [-0.1, -0.05) is 39.5 Å². The van der Waals surface area contributed by atoms with Crippen LogP contribution >= 0.6 is 0 Å². The van der Waals surface area contributed by atoms with Crippen molar-refractivity contribution in [2.45, 2.75) is 65.3 Å². The highest BCUT2D eigenvalue weighted by atomic mass is 16.1. The van der Waals surface area contributed by atoms with Gasteiger partial charge in [-0.2, -0.15) is 0 Å². The molecule has 1 rings (SSSR count). The molecule has 0 bridgehead atoms. The molecule has 0 saturated heterocycles. The SMILES string of the molecule is CCN(CC)C(C)(C)C(=O)CC1CCCC1. The van der Waals surface area contributed by atoms with E-state index in [0.717, 1.165) is 19.5 Å². The maximum Gasteiger partial charge on any atom is 0.152 e. The Balaban J connectivity index is 2.55. The second-order valence-electron chi connectivity index (χ2n) is 5.51. The van der Waals surface area contributed by atoms with Crippen molar-refractivity contribution in [3.05, 3.63) is 0 Å². The standard InChI is InChI=1S/C14H27NO/c1-5-15(6-2)14(3,4)13(16)11-12-9-7-8-10-12/h12H,5-11H2,1-4H3. The molecule has 2 nitrogen and oxygen atoms in total. The Morgan fingerprint density at radius 2 is 1.69 bits per heavy atom. The first-order valence-electron chi connectivity index (χ1n) is 6.80. The van der Waals surface area contributed by atoms with E-state index >= 15 is 0 Å². The number of hydrogen-bond acceptors (Lipinski definition) is 2. The van der Waals surface area contributed by atoms with Gasteiger partial charge in [0.25, 0.3) is 0 Å². The molecule has 94 valence electrons. The lowest BCUT2D eigenvalue weighted by molar-refractivity contribution is -0.130. The fourth-order valence-corrected chi connectivity index (χ4v) is 2.92. The van der Waals surface area contributed by atoms with Crippen LogP contribution in [0.2, 0.25) is 0 Å². The van der Waals surface area contributed by atoms with Crippen molar-refractivity contribution in [2.75, 3.05) is 13.1 Å². The fourth-order valence-electron chi connectivity index (χ4n) is 2.92. The van der Waals surface area contributed by atoms with Gasteiger partial charge in [0.2, 0.25) is 0 Å². The van der Waals surface area contributed by atoms with Gasteiger partial charge in [0.15, 0.2) is 5.78 Å². The van der Waals surface area contributed by atoms with Gasteiger partial charge in [-0.3, -0.25) is 9.69 Å². The van der Waals surface area contributed by atoms with Crippen LogP contribution in [0.15, 0.2) is 0 Å². The van der Waals surface area contributed by atoms with E-state index in [9.17, 15) is 4.79 Å². The normalized spacial score (nSPS) is 18.3. The zero-order valence-electron chi connectivity index (χ0n) is 11.4. The van der Waals surface area contributed by atoms with Crippen LogP contribution in [0.3, 0.4) is 0 Å². The van der Waals surface area contributed by atoms with Crippen LogP contribution in [-0.4, -0.2) is 29.3 Å². The van der Waals surface area contributed by atoms with Gasteiger partial charge in [-0.05, 0) is 32.9 Å². The first kappa shape index (κ1) is 13.7. The van der Waals surface area contributed by atoms with Gasteiger partial charge in [0.1, 0.15) is 0 Å². The Labute approximate surface area is 100 Å². The smallest absolute Gasteiger partial charge is 0.152 e. The summed E-state index contributed by atoms with van der Waals surface area (Å²) in [5.41, 5.74) is -0.272. The topological polar surface area (TPSA) is 20.3 Å². The largest absolute Gasteiger partial charge is 0.298 e. The zero-order valence-corrected chi connectivity index (χ0v) is 11.4. The molecule has 0 spiro atoms. The predicted octanol–water partition coefficient (Wildman–Crippen LogP) is 3.26. The molecule has 1 aliphatic rings. The number of carbonyl (C=O) groups excluding carboxylic acids is 1. The van der Waals surface area contributed by atoms with Crippen molar-refractivity contribution < 1.29 is 4.79 Å². The van der Waals surface area contributed by atoms with E-state index in [1.165, 1.54) is 25.7 Å². The Kier molecular flexibility index (Phi) is 4.97. The van der Waals surface area contributed by atoms with Crippen molar-refractivity contribution in [1.29, 1.82) is 0 Å². The summed E-state index contributed by atoms with van der Waals surface area (Å²) in [4.78, 5) is 14.6. The van der Waals surface area contributed by atoms with Gasteiger partial charge in [0.05, 0.1) is 5.54 Å². The quantitative estimate of drug-likeness (QED) is 0.691. The average molecular weight is 225 g/mol. The summed E-state index contributed by atoms with van der Waals surface area (Å²) >= 11 is 0. The van der Waals surface area contributed by atoms with E-state index in [4.69, 9.17) is 0 Å². The van der Waals surface area contributed by atoms with Crippen molar-refractivity contribution >= 4 is 5.78 Å². The maximum atomic E-state index is 12.3. The van der Waals surface area contributed by atoms with Gasteiger partial charge in [-0.25, -0.2) is 0 Å². The van der Waals surface area contributed by atoms with Crippen LogP contribution in [0.1, 0.15) is 59.8 Å². The summed E-state index contributed by atoms with van der Waals surface area (Å²) in [6, 6.07) is 0. The van der Waals surface area contributed by atoms with Crippen LogP contribution in [0.4, 0.5) is 0 Å². The second kappa shape index (κ2) is 5.81. The van der Waals surface area contributed by atoms with E-state index < -0.39 is 0 Å². The Morgan fingerprint density at radius 3 is 2.12 bits per heavy atom. The summed E-state index contributed by atoms with van der Waals surface area (Å²) < 4.78 is 0. The maximum absolute atomic E-state index is 12.3. The van der Waals surface area contributed by atoms with Gasteiger partial charge in [-0.15, -0.1) is 0 Å². The third kappa shape index (κ3) is 3.07. The molecule has 0 aromatic carbocycles. The Morgan fingerprint density at radius 1 is 1.19 bits per heavy atom. The van der Waals surface area contributed by atoms with E-state index in [0.29, 0.717) is 11.7 Å². The third-order valence-electron chi connectivity index (χ3n) is 4.19. The summed E-state index contributed by atoms with van der Waals surface area (Å²) in [7, 11) is 0. The molecule has 0 amide bonds. The lowest BCUT2D eigenvalue weighted by Gasteiger charge is -2.36. The fraction of sp³-hybridized carbons (Fsp3) is 0.929. The second-order valence-corrected chi connectivity index (χ2v) is 5.51. The Hall–Kier alpha value is -0.370. The van der Waals surface area contributed by atoms with Crippen molar-refractivity contribution in [3.8, 4) is 0 Å². The molecule has 16 heavy (non-hydrogen) atoms. The highest BCUT2D eigenvalue weighted by molar-refractivity contribution is 5.87. The first-order valence-corrected chi connectivity index (χ1v) is 6.80. The van der Waals surface area contributed by atoms with Gasteiger partial charge >= 0.3 is 0 Å². The number of ketones is 1. The molecule has 0 atom stereocenters. The first-order chi connectivity index (χ1) is 7.52. The van der Waals surface area contributed by atoms with E-state index in [1.54, 1.807) is 0 Å². The molecule has 0 aliphatic heterocycles. The Bertz CT molecular complexity index is 225. The lowest BCUT2D eigenvalue weighted by atomic mass is 9.88. The molecule has 0 unspecified atom stereocenters. The van der Waals surface area contributed by atoms with Gasteiger partial charge in [0, 0.05) is 6.42 Å². The van der Waals surface area contributed by atoms with Crippen molar-refractivity contribution in [1.82, 2.24) is 4.90 Å². The highest BCUT2D eigenvalue weighted by Gasteiger charge is 2.34. The van der Waals surface area contributed by atoms with E-state index in [2.05, 4.69) is 32.6 Å². The van der Waals surface area contributed by atoms with Crippen LogP contribution in [0, 0.1) is 5.92 Å². The van der Waals surface area contributed by atoms with Crippen molar-refractivity contribution in [3.63, 3.8) is 0 Å². The predicted molar refractivity (Wildman–Crippen MR) is 68.6 cm³/mol. The molecule has 0 aromatic rings. The lowest BCUT2D eigenvalue weighted by Crippen LogP contribution is -2.50. The molecule has 1 saturated carbocycles. The van der Waals surface area contributed by atoms with Crippen LogP contribution in [-0.2, 0) is 4.79 Å². The van der Waals surface area contributed by atoms with Crippen LogP contribution in [0.5, 0.6) is 0 Å². The minimum Gasteiger partial charge on any atom is -0.298 e. The number of carbonyl (C=O) groups is 1. The molecule has 1 fully saturated rings. The summed E-state index contributed by atoms with van der Waals surface area (Å²) in [5, 5.41) is 0. The number of likely N-dealkylation sites (N-methyl/N-ethyl adjacent to an activating group) is 1. The number of Topliss-reactive ketones (excluding diaryl/α,β-unsaturated/α-hetero) is 1. The molecule has 0 N–H and O–H groups in total. The molecule has 2 heteroatoms. The van der Waals surface area contributed by atoms with E-state index in [1.807, 2.05) is 0 Å². The van der Waals surface area contributed by atoms with Crippen LogP contribution < -0.4 is 0 Å². The number of hydrogen-bond donors (Lipinski definition) is 0. The van der Waals surface area contributed by atoms with Gasteiger partial charge < -0.3 is 0 Å². The summed E-state index contributed by atoms with van der Waals surface area (Å²) in [5.74, 6) is 1.10. The highest BCUT2D eigenvalue weighted by Crippen LogP contribution is 2.30. The molecule has 0 aromatic heterocycles. The van der Waals surface area contributed by atoms with Crippen molar-refractivity contribution in [2.24, 2.45) is 5.92 Å². The summed E-state index contributed by atoms with van der Waals surface area (Å²) in [6.45, 7) is 10.3. The molecule has 1 aliphatic carbocycles. The monoisotopic (exact) mass is 225 g/mol. The molecule has 0 heterocycles. The average Bonchev–Trinajstić information content (AvgIpc) is 2.71. The molecular weight excluding hydrogens is 198 g/mol. The number of rotatable bonds is 6. The molecular formula is C14H27NO.